The second-order valence-corrected chi connectivity index (χ2v) is 9.77. The lowest BCUT2D eigenvalue weighted by Gasteiger charge is -2.29. The molecule has 1 aliphatic heterocycles. The molecule has 1 heterocycles. The van der Waals surface area contributed by atoms with Crippen LogP contribution in [0.1, 0.15) is 55.2 Å². The van der Waals surface area contributed by atoms with Crippen LogP contribution in [-0.4, -0.2) is 69.1 Å². The molecule has 1 aliphatic rings. The molecule has 218 valence electrons. The number of nitrogens with one attached hydrogen (secondary N) is 1. The van der Waals surface area contributed by atoms with E-state index in [2.05, 4.69) is 23.5 Å². The number of hydrogen-bond donors (Lipinski definition) is 2. The Morgan fingerprint density at radius 3 is 2.08 bits per heavy atom. The molecule has 0 saturated carbocycles. The molecule has 9 nitrogen and oxygen atoms in total. The van der Waals surface area contributed by atoms with E-state index in [0.717, 1.165) is 48.9 Å². The summed E-state index contributed by atoms with van der Waals surface area (Å²) in [6.07, 6.45) is 4.85. The number of amides is 2. The van der Waals surface area contributed by atoms with Crippen molar-refractivity contribution in [2.75, 3.05) is 51.1 Å². The van der Waals surface area contributed by atoms with Gasteiger partial charge in [-0.2, -0.15) is 0 Å². The van der Waals surface area contributed by atoms with Crippen molar-refractivity contribution in [2.45, 2.75) is 57.9 Å². The van der Waals surface area contributed by atoms with E-state index in [-0.39, 0.29) is 37.7 Å². The normalized spacial score (nSPS) is 12.7. The van der Waals surface area contributed by atoms with Gasteiger partial charge in [-0.1, -0.05) is 42.5 Å². The molecule has 2 N–H and O–H groups in total. The van der Waals surface area contributed by atoms with E-state index < -0.39 is 5.97 Å². The summed E-state index contributed by atoms with van der Waals surface area (Å²) in [5.74, 6) is -1.01. The van der Waals surface area contributed by atoms with Gasteiger partial charge in [-0.25, -0.2) is 0 Å². The monoisotopic (exact) mass is 554 g/mol. The molecule has 9 heteroatoms. The van der Waals surface area contributed by atoms with Crippen molar-refractivity contribution in [1.29, 1.82) is 0 Å². The van der Waals surface area contributed by atoms with Crippen LogP contribution in [0.4, 0.5) is 5.69 Å². The first-order chi connectivity index (χ1) is 19.5. The average molecular weight is 555 g/mol. The third-order valence-electron chi connectivity index (χ3n) is 6.75. The number of benzene rings is 2. The molecule has 0 radical (unpaired) electrons. The van der Waals surface area contributed by atoms with Gasteiger partial charge in [0.05, 0.1) is 46.0 Å². The fourth-order valence-corrected chi connectivity index (χ4v) is 4.57. The zero-order valence-corrected chi connectivity index (χ0v) is 23.3. The third kappa shape index (κ3) is 11.5. The summed E-state index contributed by atoms with van der Waals surface area (Å²) < 4.78 is 16.0. The van der Waals surface area contributed by atoms with Crippen molar-refractivity contribution in [3.8, 4) is 0 Å². The Bertz CT molecular complexity index is 1080. The maximum absolute atomic E-state index is 13.3. The van der Waals surface area contributed by atoms with Gasteiger partial charge in [0.2, 0.25) is 11.8 Å². The van der Waals surface area contributed by atoms with Crippen LogP contribution in [0, 0.1) is 0 Å². The van der Waals surface area contributed by atoms with Crippen LogP contribution in [0.3, 0.4) is 0 Å². The topological polar surface area (TPSA) is 114 Å². The molecule has 0 spiro atoms. The van der Waals surface area contributed by atoms with Gasteiger partial charge >= 0.3 is 5.97 Å². The number of ether oxygens (including phenoxy) is 3. The van der Waals surface area contributed by atoms with E-state index in [0.29, 0.717) is 46.1 Å². The molecule has 0 aliphatic carbocycles. The van der Waals surface area contributed by atoms with Crippen LogP contribution in [-0.2, 0) is 48.0 Å². The predicted octanol–water partition coefficient (Wildman–Crippen LogP) is 3.91. The maximum Gasteiger partial charge on any atom is 0.305 e. The minimum absolute atomic E-state index is 0.00349. The first kappa shape index (κ1) is 31.3. The lowest BCUT2D eigenvalue weighted by molar-refractivity contribution is -0.138. The minimum Gasteiger partial charge on any atom is -0.481 e. The number of unbranched alkanes of at least 4 members (excludes halogenated alkanes) is 2. The van der Waals surface area contributed by atoms with Crippen LogP contribution < -0.4 is 10.2 Å². The maximum atomic E-state index is 13.3. The Hall–Kier alpha value is -3.27. The van der Waals surface area contributed by atoms with E-state index in [1.54, 1.807) is 0 Å². The van der Waals surface area contributed by atoms with E-state index in [1.165, 1.54) is 5.56 Å². The van der Waals surface area contributed by atoms with Crippen LogP contribution in [0.15, 0.2) is 48.5 Å². The largest absolute Gasteiger partial charge is 0.481 e. The number of fused-ring (bicyclic) bond motifs is 2. The van der Waals surface area contributed by atoms with Crippen LogP contribution in [0.5, 0.6) is 0 Å². The molecule has 0 atom stereocenters. The standard InChI is InChI=1S/C31H42N2O7/c34-29(32-17-6-1-7-18-38-20-22-40-23-21-39-19-16-31(36)37)14-15-30(35)33-24-27-10-3-2-8-25(27)12-13-26-9-4-5-11-28(26)33/h2-5,8-11H,1,6-7,12-24H2,(H,32,34)(H,36,37). The van der Waals surface area contributed by atoms with Crippen molar-refractivity contribution in [1.82, 2.24) is 5.32 Å². The second kappa shape index (κ2) is 18.1. The van der Waals surface area contributed by atoms with Gasteiger partial charge in [0, 0.05) is 31.7 Å². The molecule has 2 aromatic rings. The molecule has 0 saturated heterocycles. The van der Waals surface area contributed by atoms with Gasteiger partial charge in [-0.05, 0) is 54.9 Å². The Morgan fingerprint density at radius 1 is 0.700 bits per heavy atom. The summed E-state index contributed by atoms with van der Waals surface area (Å²) >= 11 is 0. The van der Waals surface area contributed by atoms with Crippen LogP contribution in [0.2, 0.25) is 0 Å². The summed E-state index contributed by atoms with van der Waals surface area (Å²) in [5, 5.41) is 11.4. The lowest BCUT2D eigenvalue weighted by Crippen LogP contribution is -2.34. The predicted molar refractivity (Wildman–Crippen MR) is 152 cm³/mol. The number of carboxylic acids is 1. The fourth-order valence-electron chi connectivity index (χ4n) is 4.57. The number of aryl methyl sites for hydroxylation is 2. The van der Waals surface area contributed by atoms with Gasteiger partial charge in [-0.15, -0.1) is 0 Å². The van der Waals surface area contributed by atoms with Crippen molar-refractivity contribution in [2.24, 2.45) is 0 Å². The molecule has 2 amide bonds. The van der Waals surface area contributed by atoms with Crippen LogP contribution >= 0.6 is 0 Å². The molecular formula is C31H42N2O7. The van der Waals surface area contributed by atoms with Crippen LogP contribution in [0.25, 0.3) is 0 Å². The van der Waals surface area contributed by atoms with Gasteiger partial charge in [-0.3, -0.25) is 14.4 Å². The summed E-state index contributed by atoms with van der Waals surface area (Å²) in [4.78, 5) is 37.9. The highest BCUT2D eigenvalue weighted by molar-refractivity contribution is 5.96. The SMILES string of the molecule is O=C(O)CCOCCOCCOCCCCCNC(=O)CCC(=O)N1Cc2ccccc2CCc2ccccc21. The number of hydrogen-bond acceptors (Lipinski definition) is 6. The zero-order valence-electron chi connectivity index (χ0n) is 23.3. The Labute approximate surface area is 236 Å². The van der Waals surface area contributed by atoms with Gasteiger partial charge in [0.1, 0.15) is 0 Å². The zero-order chi connectivity index (χ0) is 28.4. The lowest BCUT2D eigenvalue weighted by atomic mass is 9.95. The quantitative estimate of drug-likeness (QED) is 0.269. The van der Waals surface area contributed by atoms with E-state index in [4.69, 9.17) is 19.3 Å². The Balaban J connectivity index is 1.24. The van der Waals surface area contributed by atoms with E-state index in [9.17, 15) is 14.4 Å². The highest BCUT2D eigenvalue weighted by Gasteiger charge is 2.22. The molecule has 0 fully saturated rings. The molecule has 0 bridgehead atoms. The fraction of sp³-hybridized carbons (Fsp3) is 0.516. The van der Waals surface area contributed by atoms with E-state index >= 15 is 0 Å². The Morgan fingerprint density at radius 2 is 1.32 bits per heavy atom. The summed E-state index contributed by atoms with van der Waals surface area (Å²) in [6.45, 7) is 3.65. The number of carboxylic acid groups (broad SMARTS) is 1. The van der Waals surface area contributed by atoms with E-state index in [1.807, 2.05) is 35.2 Å². The first-order valence-corrected chi connectivity index (χ1v) is 14.2. The highest BCUT2D eigenvalue weighted by atomic mass is 16.5. The summed E-state index contributed by atoms with van der Waals surface area (Å²) in [7, 11) is 0. The second-order valence-electron chi connectivity index (χ2n) is 9.77. The Kier molecular flexibility index (Phi) is 14.2. The van der Waals surface area contributed by atoms with Gasteiger partial charge < -0.3 is 29.5 Å². The number of carbonyl (C=O) groups is 3. The third-order valence-corrected chi connectivity index (χ3v) is 6.75. The molecule has 0 aromatic heterocycles. The van der Waals surface area contributed by atoms with Gasteiger partial charge in [0.25, 0.3) is 0 Å². The number of rotatable bonds is 18. The van der Waals surface area contributed by atoms with Crippen molar-refractivity contribution < 1.29 is 33.7 Å². The van der Waals surface area contributed by atoms with Crippen molar-refractivity contribution >= 4 is 23.5 Å². The summed E-state index contributed by atoms with van der Waals surface area (Å²) in [5.41, 5.74) is 4.53. The number of anilines is 1. The minimum atomic E-state index is -0.874. The first-order valence-electron chi connectivity index (χ1n) is 14.2. The summed E-state index contributed by atoms with van der Waals surface area (Å²) in [6, 6.07) is 16.3. The molecule has 40 heavy (non-hydrogen) atoms. The average Bonchev–Trinajstić information content (AvgIpc) is 2.95. The molecule has 0 unspecified atom stereocenters. The molecular weight excluding hydrogens is 512 g/mol. The van der Waals surface area contributed by atoms with Gasteiger partial charge in [0.15, 0.2) is 0 Å². The number of carbonyl (C=O) groups excluding carboxylic acids is 2. The number of nitrogens with zero attached hydrogens (tertiary/aromatic N) is 1. The number of para-hydroxylation sites is 1. The molecule has 3 rings (SSSR count). The molecule has 2 aromatic carbocycles. The highest BCUT2D eigenvalue weighted by Crippen LogP contribution is 2.29. The van der Waals surface area contributed by atoms with Crippen molar-refractivity contribution in [3.63, 3.8) is 0 Å². The smallest absolute Gasteiger partial charge is 0.305 e. The van der Waals surface area contributed by atoms with Crippen molar-refractivity contribution in [3.05, 3.63) is 65.2 Å². The number of aliphatic carboxylic acids is 1.